The van der Waals surface area contributed by atoms with Crippen LogP contribution < -0.4 is 4.90 Å². The number of hydrogen-bond donors (Lipinski definition) is 0. The summed E-state index contributed by atoms with van der Waals surface area (Å²) < 4.78 is 0. The Morgan fingerprint density at radius 1 is 1.17 bits per heavy atom. The molecule has 23 heavy (non-hydrogen) atoms. The van der Waals surface area contributed by atoms with Crippen LogP contribution in [0.4, 0.5) is 5.69 Å². The molecule has 1 unspecified atom stereocenters. The largest absolute Gasteiger partial charge is 0.359 e. The molecule has 1 heterocycles. The van der Waals surface area contributed by atoms with Crippen molar-refractivity contribution in [2.45, 2.75) is 32.9 Å². The van der Waals surface area contributed by atoms with Crippen LogP contribution in [-0.4, -0.2) is 30.4 Å². The quantitative estimate of drug-likeness (QED) is 0.864. The minimum atomic E-state index is -0.132. The van der Waals surface area contributed by atoms with Crippen LogP contribution in [0.5, 0.6) is 0 Å². The number of fused-ring (bicyclic) bond motifs is 1. The topological polar surface area (TPSA) is 23.6 Å². The second-order valence-corrected chi connectivity index (χ2v) is 6.37. The fourth-order valence-corrected chi connectivity index (χ4v) is 3.34. The summed E-state index contributed by atoms with van der Waals surface area (Å²) in [6, 6.07) is 16.5. The lowest BCUT2D eigenvalue weighted by molar-refractivity contribution is -0.131. The number of anilines is 1. The van der Waals surface area contributed by atoms with Crippen LogP contribution in [-0.2, 0) is 17.8 Å². The molecule has 120 valence electrons. The Labute approximate surface area is 138 Å². The van der Waals surface area contributed by atoms with Gasteiger partial charge in [0.1, 0.15) is 6.04 Å². The van der Waals surface area contributed by atoms with Crippen LogP contribution in [0.2, 0.25) is 0 Å². The summed E-state index contributed by atoms with van der Waals surface area (Å²) in [4.78, 5) is 16.9. The van der Waals surface area contributed by atoms with E-state index in [1.54, 1.807) is 0 Å². The number of hydrogen-bond acceptors (Lipinski definition) is 2. The second kappa shape index (κ2) is 6.45. The zero-order chi connectivity index (χ0) is 16.4. The molecule has 0 saturated carbocycles. The molecular weight excluding hydrogens is 284 g/mol. The molecule has 1 atom stereocenters. The summed E-state index contributed by atoms with van der Waals surface area (Å²) in [5.41, 5.74) is 4.98. The highest BCUT2D eigenvalue weighted by molar-refractivity contribution is 5.85. The van der Waals surface area contributed by atoms with Crippen LogP contribution in [0, 0.1) is 6.92 Å². The molecule has 1 aliphatic heterocycles. The van der Waals surface area contributed by atoms with Crippen molar-refractivity contribution in [2.24, 2.45) is 0 Å². The second-order valence-electron chi connectivity index (χ2n) is 6.37. The zero-order valence-corrected chi connectivity index (χ0v) is 14.1. The third-order valence-corrected chi connectivity index (χ3v) is 4.79. The number of likely N-dealkylation sites (N-methyl/N-ethyl adjacent to an activating group) is 1. The Morgan fingerprint density at radius 2 is 1.87 bits per heavy atom. The van der Waals surface area contributed by atoms with Gasteiger partial charge >= 0.3 is 0 Å². The Balaban J connectivity index is 1.72. The van der Waals surface area contributed by atoms with Crippen LogP contribution >= 0.6 is 0 Å². The first-order valence-electron chi connectivity index (χ1n) is 8.22. The van der Waals surface area contributed by atoms with Gasteiger partial charge in [-0.05, 0) is 43.0 Å². The van der Waals surface area contributed by atoms with Gasteiger partial charge in [0.2, 0.25) is 5.91 Å². The number of nitrogens with zero attached hydrogens (tertiary/aromatic N) is 2. The van der Waals surface area contributed by atoms with Gasteiger partial charge < -0.3 is 9.80 Å². The van der Waals surface area contributed by atoms with Crippen molar-refractivity contribution in [3.05, 3.63) is 65.2 Å². The first-order valence-corrected chi connectivity index (χ1v) is 8.22. The number of amides is 1. The first kappa shape index (κ1) is 15.6. The number of carbonyl (C=O) groups is 1. The van der Waals surface area contributed by atoms with Crippen LogP contribution in [0.25, 0.3) is 0 Å². The molecule has 0 aromatic heterocycles. The Morgan fingerprint density at radius 3 is 2.65 bits per heavy atom. The van der Waals surface area contributed by atoms with Crippen LogP contribution in [0.1, 0.15) is 23.6 Å². The summed E-state index contributed by atoms with van der Waals surface area (Å²) in [7, 11) is 1.90. The van der Waals surface area contributed by atoms with Gasteiger partial charge in [-0.1, -0.05) is 42.5 Å². The third-order valence-electron chi connectivity index (χ3n) is 4.79. The molecule has 0 radical (unpaired) electrons. The maximum atomic E-state index is 12.8. The summed E-state index contributed by atoms with van der Waals surface area (Å²) in [5.74, 6) is 0.171. The molecule has 0 spiro atoms. The maximum absolute atomic E-state index is 12.8. The fourth-order valence-electron chi connectivity index (χ4n) is 3.34. The number of para-hydroxylation sites is 1. The van der Waals surface area contributed by atoms with Crippen molar-refractivity contribution in [2.75, 3.05) is 18.5 Å². The molecule has 3 rings (SSSR count). The molecule has 2 aromatic rings. The third kappa shape index (κ3) is 3.09. The van der Waals surface area contributed by atoms with E-state index in [0.29, 0.717) is 6.54 Å². The molecule has 0 N–H and O–H groups in total. The summed E-state index contributed by atoms with van der Waals surface area (Å²) in [5, 5.41) is 0. The number of rotatable bonds is 4. The molecule has 3 nitrogen and oxygen atoms in total. The SMILES string of the molecule is Cc1ccccc1CN(C)C(=O)C(C)N1CCc2ccccc21. The standard InChI is InChI=1S/C20H24N2O/c1-15-8-4-5-10-18(15)14-21(3)20(23)16(2)22-13-12-17-9-6-7-11-19(17)22/h4-11,16H,12-14H2,1-3H3. The fraction of sp³-hybridized carbons (Fsp3) is 0.350. The smallest absolute Gasteiger partial charge is 0.245 e. The normalized spacial score (nSPS) is 14.5. The van der Waals surface area contributed by atoms with Gasteiger partial charge in [0.15, 0.2) is 0 Å². The molecule has 0 bridgehead atoms. The van der Waals surface area contributed by atoms with Gasteiger partial charge in [0.05, 0.1) is 0 Å². The van der Waals surface area contributed by atoms with E-state index in [-0.39, 0.29) is 11.9 Å². The van der Waals surface area contributed by atoms with E-state index in [9.17, 15) is 4.79 Å². The Bertz CT molecular complexity index is 710. The van der Waals surface area contributed by atoms with E-state index >= 15 is 0 Å². The monoisotopic (exact) mass is 308 g/mol. The molecule has 0 aliphatic carbocycles. The lowest BCUT2D eigenvalue weighted by Gasteiger charge is -2.30. The summed E-state index contributed by atoms with van der Waals surface area (Å²) >= 11 is 0. The van der Waals surface area contributed by atoms with Gasteiger partial charge in [0, 0.05) is 25.8 Å². The predicted molar refractivity (Wildman–Crippen MR) is 94.6 cm³/mol. The van der Waals surface area contributed by atoms with E-state index in [4.69, 9.17) is 0 Å². The Kier molecular flexibility index (Phi) is 4.37. The van der Waals surface area contributed by atoms with Crippen molar-refractivity contribution in [3.63, 3.8) is 0 Å². The first-order chi connectivity index (χ1) is 11.1. The molecule has 0 saturated heterocycles. The molecule has 1 amide bonds. The van der Waals surface area contributed by atoms with Crippen molar-refractivity contribution in [3.8, 4) is 0 Å². The van der Waals surface area contributed by atoms with Crippen LogP contribution in [0.15, 0.2) is 48.5 Å². The summed E-state index contributed by atoms with van der Waals surface area (Å²) in [6.07, 6.45) is 1.02. The highest BCUT2D eigenvalue weighted by Crippen LogP contribution is 2.29. The van der Waals surface area contributed by atoms with Gasteiger partial charge in [0.25, 0.3) is 0 Å². The lowest BCUT2D eigenvalue weighted by atomic mass is 10.1. The van der Waals surface area contributed by atoms with Crippen molar-refractivity contribution in [1.29, 1.82) is 0 Å². The van der Waals surface area contributed by atoms with Gasteiger partial charge in [-0.3, -0.25) is 4.79 Å². The average Bonchev–Trinajstić information content (AvgIpc) is 2.99. The Hall–Kier alpha value is -2.29. The van der Waals surface area contributed by atoms with E-state index < -0.39 is 0 Å². The molecule has 2 aromatic carbocycles. The minimum absolute atomic E-state index is 0.132. The van der Waals surface area contributed by atoms with E-state index in [0.717, 1.165) is 13.0 Å². The zero-order valence-electron chi connectivity index (χ0n) is 14.1. The molecule has 3 heteroatoms. The number of aryl methyl sites for hydroxylation is 1. The highest BCUT2D eigenvalue weighted by Gasteiger charge is 2.29. The van der Waals surface area contributed by atoms with E-state index in [2.05, 4.69) is 42.2 Å². The lowest BCUT2D eigenvalue weighted by Crippen LogP contribution is -2.45. The van der Waals surface area contributed by atoms with E-state index in [1.807, 2.05) is 37.1 Å². The van der Waals surface area contributed by atoms with Gasteiger partial charge in [-0.25, -0.2) is 0 Å². The summed E-state index contributed by atoms with van der Waals surface area (Å²) in [6.45, 7) is 5.68. The van der Waals surface area contributed by atoms with Crippen molar-refractivity contribution in [1.82, 2.24) is 4.90 Å². The van der Waals surface area contributed by atoms with Gasteiger partial charge in [-0.15, -0.1) is 0 Å². The molecule has 1 aliphatic rings. The maximum Gasteiger partial charge on any atom is 0.245 e. The highest BCUT2D eigenvalue weighted by atomic mass is 16.2. The molecule has 0 fully saturated rings. The van der Waals surface area contributed by atoms with Crippen molar-refractivity contribution < 1.29 is 4.79 Å². The van der Waals surface area contributed by atoms with Crippen molar-refractivity contribution >= 4 is 11.6 Å². The van der Waals surface area contributed by atoms with Gasteiger partial charge in [-0.2, -0.15) is 0 Å². The van der Waals surface area contributed by atoms with Crippen LogP contribution in [0.3, 0.4) is 0 Å². The predicted octanol–water partition coefficient (Wildman–Crippen LogP) is 3.40. The van der Waals surface area contributed by atoms with E-state index in [1.165, 1.54) is 22.4 Å². The number of carbonyl (C=O) groups excluding carboxylic acids is 1. The average molecular weight is 308 g/mol. The number of benzene rings is 2. The molecular formula is C20H24N2O. The minimum Gasteiger partial charge on any atom is -0.359 e.